The van der Waals surface area contributed by atoms with Gasteiger partial charge < -0.3 is 10.4 Å². The van der Waals surface area contributed by atoms with Gasteiger partial charge in [0.1, 0.15) is 10.7 Å². The van der Waals surface area contributed by atoms with E-state index in [-0.39, 0.29) is 17.2 Å². The van der Waals surface area contributed by atoms with Crippen LogP contribution in [0.3, 0.4) is 0 Å². The van der Waals surface area contributed by atoms with Gasteiger partial charge in [-0.25, -0.2) is 9.18 Å². The van der Waals surface area contributed by atoms with Crippen molar-refractivity contribution >= 4 is 28.9 Å². The predicted molar refractivity (Wildman–Crippen MR) is 103 cm³/mol. The van der Waals surface area contributed by atoms with Crippen LogP contribution in [0, 0.1) is 12.7 Å². The second kappa shape index (κ2) is 6.63. The third kappa shape index (κ3) is 3.02. The quantitative estimate of drug-likeness (QED) is 0.668. The van der Waals surface area contributed by atoms with Gasteiger partial charge in [-0.15, -0.1) is 11.3 Å². The minimum absolute atomic E-state index is 0.0842. The number of aromatic carboxylic acids is 1. The lowest BCUT2D eigenvalue weighted by Crippen LogP contribution is -2.23. The molecule has 3 aromatic rings. The maximum absolute atomic E-state index is 14.4. The fraction of sp³-hybridized carbons (Fsp3) is 0.143. The zero-order chi connectivity index (χ0) is 19.1. The number of fused-ring (bicyclic) bond motifs is 1. The summed E-state index contributed by atoms with van der Waals surface area (Å²) >= 11 is 1.10. The van der Waals surface area contributed by atoms with Crippen LogP contribution in [-0.4, -0.2) is 17.0 Å². The number of thiophene rings is 1. The van der Waals surface area contributed by atoms with Crippen molar-refractivity contribution < 1.29 is 19.1 Å². The smallest absolute Gasteiger partial charge is 0.346 e. The zero-order valence-corrected chi connectivity index (χ0v) is 15.3. The van der Waals surface area contributed by atoms with E-state index in [1.807, 2.05) is 31.2 Å². The molecule has 1 amide bonds. The lowest BCUT2D eigenvalue weighted by Gasteiger charge is -2.24. The molecule has 2 aromatic carbocycles. The SMILES string of the molecule is Cc1ccc(-c2c(C(=O)O)sc3c2NC(=O)C[C@H]3c2ccccc2F)cc1. The highest BCUT2D eigenvalue weighted by Gasteiger charge is 2.35. The summed E-state index contributed by atoms with van der Waals surface area (Å²) in [6.07, 6.45) is 0.0842. The summed E-state index contributed by atoms with van der Waals surface area (Å²) in [5, 5.41) is 12.6. The first-order chi connectivity index (χ1) is 13.0. The van der Waals surface area contributed by atoms with Crippen LogP contribution < -0.4 is 5.32 Å². The maximum Gasteiger partial charge on any atom is 0.346 e. The second-order valence-electron chi connectivity index (χ2n) is 6.54. The van der Waals surface area contributed by atoms with Crippen LogP contribution in [0.1, 0.15) is 38.0 Å². The summed E-state index contributed by atoms with van der Waals surface area (Å²) in [6.45, 7) is 1.95. The van der Waals surface area contributed by atoms with Crippen molar-refractivity contribution in [3.05, 3.63) is 75.2 Å². The van der Waals surface area contributed by atoms with Crippen molar-refractivity contribution in [2.75, 3.05) is 5.32 Å². The molecule has 2 N–H and O–H groups in total. The Morgan fingerprint density at radius 2 is 1.89 bits per heavy atom. The number of carbonyl (C=O) groups is 2. The van der Waals surface area contributed by atoms with E-state index in [2.05, 4.69) is 5.32 Å². The minimum Gasteiger partial charge on any atom is -0.477 e. The predicted octanol–water partition coefficient (Wildman–Crippen LogP) is 5.03. The van der Waals surface area contributed by atoms with Crippen LogP contribution in [0.5, 0.6) is 0 Å². The molecule has 0 spiro atoms. The normalized spacial score (nSPS) is 15.9. The number of rotatable bonds is 3. The van der Waals surface area contributed by atoms with Gasteiger partial charge in [0, 0.05) is 22.8 Å². The first kappa shape index (κ1) is 17.4. The largest absolute Gasteiger partial charge is 0.477 e. The van der Waals surface area contributed by atoms with Gasteiger partial charge in [-0.1, -0.05) is 48.0 Å². The van der Waals surface area contributed by atoms with Gasteiger partial charge in [0.25, 0.3) is 0 Å². The average molecular weight is 381 g/mol. The van der Waals surface area contributed by atoms with Gasteiger partial charge in [-0.3, -0.25) is 4.79 Å². The monoisotopic (exact) mass is 381 g/mol. The summed E-state index contributed by atoms with van der Waals surface area (Å²) < 4.78 is 14.4. The third-order valence-electron chi connectivity index (χ3n) is 4.72. The number of carbonyl (C=O) groups excluding carboxylic acids is 1. The molecule has 2 heterocycles. The van der Waals surface area contributed by atoms with Crippen LogP contribution in [0.2, 0.25) is 0 Å². The molecule has 136 valence electrons. The highest BCUT2D eigenvalue weighted by Crippen LogP contribution is 2.49. The molecule has 0 aliphatic carbocycles. The summed E-state index contributed by atoms with van der Waals surface area (Å²) in [5.41, 5.74) is 3.13. The van der Waals surface area contributed by atoms with Gasteiger partial charge in [-0.05, 0) is 24.1 Å². The van der Waals surface area contributed by atoms with E-state index in [1.54, 1.807) is 18.2 Å². The molecule has 4 nitrogen and oxygen atoms in total. The highest BCUT2D eigenvalue weighted by molar-refractivity contribution is 7.15. The Morgan fingerprint density at radius 1 is 1.19 bits per heavy atom. The van der Waals surface area contributed by atoms with E-state index in [4.69, 9.17) is 0 Å². The molecule has 0 bridgehead atoms. The second-order valence-corrected chi connectivity index (χ2v) is 7.60. The molecule has 1 aliphatic rings. The molecule has 1 aliphatic heterocycles. The van der Waals surface area contributed by atoms with Crippen LogP contribution in [0.15, 0.2) is 48.5 Å². The van der Waals surface area contributed by atoms with E-state index in [9.17, 15) is 19.1 Å². The fourth-order valence-electron chi connectivity index (χ4n) is 3.44. The number of anilines is 1. The van der Waals surface area contributed by atoms with E-state index < -0.39 is 17.7 Å². The number of nitrogens with one attached hydrogen (secondary N) is 1. The number of amides is 1. The summed E-state index contributed by atoms with van der Waals surface area (Å²) in [5.74, 6) is -2.21. The Labute approximate surface area is 159 Å². The summed E-state index contributed by atoms with van der Waals surface area (Å²) in [7, 11) is 0. The maximum atomic E-state index is 14.4. The van der Waals surface area contributed by atoms with Gasteiger partial charge in [-0.2, -0.15) is 0 Å². The first-order valence-corrected chi connectivity index (χ1v) is 9.28. The number of carboxylic acid groups (broad SMARTS) is 1. The molecule has 0 fully saturated rings. The van der Waals surface area contributed by atoms with Crippen molar-refractivity contribution in [3.8, 4) is 11.1 Å². The van der Waals surface area contributed by atoms with Crippen molar-refractivity contribution in [2.24, 2.45) is 0 Å². The van der Waals surface area contributed by atoms with Crippen molar-refractivity contribution in [3.63, 3.8) is 0 Å². The van der Waals surface area contributed by atoms with Crippen molar-refractivity contribution in [2.45, 2.75) is 19.3 Å². The Bertz CT molecular complexity index is 1060. The van der Waals surface area contributed by atoms with E-state index in [0.717, 1.165) is 16.9 Å². The van der Waals surface area contributed by atoms with E-state index in [1.165, 1.54) is 6.07 Å². The topological polar surface area (TPSA) is 66.4 Å². The van der Waals surface area contributed by atoms with E-state index in [0.29, 0.717) is 27.3 Å². The standard InChI is InChI=1S/C21H16FNO3S/c1-11-6-8-12(9-7-11)17-18-19(27-20(17)21(25)26)14(10-16(24)23-18)13-4-2-3-5-15(13)22/h2-9,14H,10H2,1H3,(H,23,24)(H,25,26)/t14-/m0/s1. The molecular formula is C21H16FNO3S. The lowest BCUT2D eigenvalue weighted by molar-refractivity contribution is -0.116. The van der Waals surface area contributed by atoms with Gasteiger partial charge in [0.2, 0.25) is 5.91 Å². The Balaban J connectivity index is 1.95. The molecular weight excluding hydrogens is 365 g/mol. The Kier molecular flexibility index (Phi) is 4.28. The Hall–Kier alpha value is -2.99. The lowest BCUT2D eigenvalue weighted by atomic mass is 9.88. The molecule has 0 radical (unpaired) electrons. The third-order valence-corrected chi connectivity index (χ3v) is 6.01. The molecule has 0 saturated heterocycles. The molecule has 1 aromatic heterocycles. The number of aryl methyl sites for hydroxylation is 1. The molecule has 4 rings (SSSR count). The molecule has 6 heteroatoms. The fourth-order valence-corrected chi connectivity index (χ4v) is 4.68. The van der Waals surface area contributed by atoms with Crippen molar-refractivity contribution in [1.82, 2.24) is 0 Å². The first-order valence-electron chi connectivity index (χ1n) is 8.47. The number of benzene rings is 2. The molecule has 1 atom stereocenters. The molecule has 27 heavy (non-hydrogen) atoms. The molecule has 0 unspecified atom stereocenters. The van der Waals surface area contributed by atoms with Crippen LogP contribution in [0.4, 0.5) is 10.1 Å². The number of hydrogen-bond acceptors (Lipinski definition) is 3. The van der Waals surface area contributed by atoms with Crippen LogP contribution in [0.25, 0.3) is 11.1 Å². The minimum atomic E-state index is -1.06. The van der Waals surface area contributed by atoms with Gasteiger partial charge in [0.05, 0.1) is 5.69 Å². The molecule has 0 saturated carbocycles. The van der Waals surface area contributed by atoms with Crippen molar-refractivity contribution in [1.29, 1.82) is 0 Å². The Morgan fingerprint density at radius 3 is 2.56 bits per heavy atom. The number of hydrogen-bond donors (Lipinski definition) is 2. The number of carboxylic acids is 1. The zero-order valence-electron chi connectivity index (χ0n) is 14.5. The summed E-state index contributed by atoms with van der Waals surface area (Å²) in [4.78, 5) is 25.1. The van der Waals surface area contributed by atoms with Crippen LogP contribution in [-0.2, 0) is 4.79 Å². The highest BCUT2D eigenvalue weighted by atomic mass is 32.1. The average Bonchev–Trinajstić information content (AvgIpc) is 3.02. The van der Waals surface area contributed by atoms with Gasteiger partial charge >= 0.3 is 5.97 Å². The number of halogens is 1. The summed E-state index contributed by atoms with van der Waals surface area (Å²) in [6, 6.07) is 13.8. The van der Waals surface area contributed by atoms with Gasteiger partial charge in [0.15, 0.2) is 0 Å². The van der Waals surface area contributed by atoms with Crippen LogP contribution >= 0.6 is 11.3 Å². The van der Waals surface area contributed by atoms with E-state index >= 15 is 0 Å².